The van der Waals surface area contributed by atoms with Gasteiger partial charge in [0.15, 0.2) is 0 Å². The fraction of sp³-hybridized carbons (Fsp3) is 0.467. The fourth-order valence-corrected chi connectivity index (χ4v) is 2.85. The molecule has 0 spiro atoms. The van der Waals surface area contributed by atoms with E-state index in [0.29, 0.717) is 11.9 Å². The lowest BCUT2D eigenvalue weighted by Gasteiger charge is -2.16. The molecule has 0 saturated carbocycles. The molecule has 6 heteroatoms. The van der Waals surface area contributed by atoms with Crippen molar-refractivity contribution >= 4 is 15.9 Å². The highest BCUT2D eigenvalue weighted by Gasteiger charge is 2.16. The zero-order valence-corrected chi connectivity index (χ0v) is 14.4. The van der Waals surface area contributed by atoms with E-state index >= 15 is 0 Å². The Morgan fingerprint density at radius 3 is 2.62 bits per heavy atom. The summed E-state index contributed by atoms with van der Waals surface area (Å²) < 4.78 is 8.12. The van der Waals surface area contributed by atoms with Gasteiger partial charge in [-0.2, -0.15) is 5.10 Å². The molecule has 1 atom stereocenters. The smallest absolute Gasteiger partial charge is 0.212 e. The Labute approximate surface area is 133 Å². The van der Waals surface area contributed by atoms with Crippen LogP contribution in [0.4, 0.5) is 0 Å². The van der Waals surface area contributed by atoms with Crippen LogP contribution in [0.2, 0.25) is 0 Å². The van der Waals surface area contributed by atoms with Gasteiger partial charge in [-0.25, -0.2) is 4.98 Å². The average Bonchev–Trinajstić information content (AvgIpc) is 2.73. The first kappa shape index (κ1) is 16.0. The molecule has 0 aliphatic heterocycles. The number of rotatable bonds is 6. The van der Waals surface area contributed by atoms with E-state index in [4.69, 9.17) is 4.74 Å². The van der Waals surface area contributed by atoms with E-state index in [2.05, 4.69) is 37.4 Å². The van der Waals surface area contributed by atoms with E-state index in [-0.39, 0.29) is 0 Å². The number of halogens is 1. The molecule has 0 fully saturated rings. The number of pyridine rings is 1. The minimum Gasteiger partial charge on any atom is -0.481 e. The molecule has 2 aromatic rings. The number of nitrogens with zero attached hydrogens (tertiary/aromatic N) is 3. The summed E-state index contributed by atoms with van der Waals surface area (Å²) >= 11 is 3.62. The van der Waals surface area contributed by atoms with Gasteiger partial charge in [-0.15, -0.1) is 0 Å². The largest absolute Gasteiger partial charge is 0.481 e. The summed E-state index contributed by atoms with van der Waals surface area (Å²) in [7, 11) is 5.59. The van der Waals surface area contributed by atoms with Gasteiger partial charge >= 0.3 is 0 Å². The molecule has 114 valence electrons. The molecule has 1 N–H and O–H groups in total. The Bertz CT molecular complexity index is 594. The summed E-state index contributed by atoms with van der Waals surface area (Å²) in [6, 6.07) is 4.28. The molecule has 2 rings (SSSR count). The standard InChI is InChI=1S/C15H21BrN4O/c1-10-15(16)13(20(3)19-10)8-12(17-2)7-11-5-6-14(21-4)18-9-11/h5-6,9,12,17H,7-8H2,1-4H3. The number of methoxy groups -OCH3 is 1. The Balaban J connectivity index is 2.09. The maximum absolute atomic E-state index is 5.09. The van der Waals surface area contributed by atoms with Crippen LogP contribution in [0.1, 0.15) is 17.0 Å². The molecule has 0 radical (unpaired) electrons. The van der Waals surface area contributed by atoms with Crippen molar-refractivity contribution in [2.24, 2.45) is 7.05 Å². The third kappa shape index (κ3) is 3.83. The predicted molar refractivity (Wildman–Crippen MR) is 86.7 cm³/mol. The highest BCUT2D eigenvalue weighted by molar-refractivity contribution is 9.10. The van der Waals surface area contributed by atoms with Crippen molar-refractivity contribution < 1.29 is 4.74 Å². The molecule has 0 aliphatic carbocycles. The topological polar surface area (TPSA) is 52.0 Å². The van der Waals surface area contributed by atoms with Crippen molar-refractivity contribution in [3.05, 3.63) is 39.8 Å². The quantitative estimate of drug-likeness (QED) is 0.866. The maximum atomic E-state index is 5.09. The number of hydrogen-bond donors (Lipinski definition) is 1. The number of aryl methyl sites for hydroxylation is 2. The Hall–Kier alpha value is -1.40. The molecular formula is C15H21BrN4O. The van der Waals surface area contributed by atoms with Gasteiger partial charge in [-0.3, -0.25) is 4.68 Å². The van der Waals surface area contributed by atoms with Gasteiger partial charge in [0, 0.05) is 31.8 Å². The first-order chi connectivity index (χ1) is 10.0. The van der Waals surface area contributed by atoms with Crippen LogP contribution in [0.25, 0.3) is 0 Å². The van der Waals surface area contributed by atoms with Crippen molar-refractivity contribution in [2.75, 3.05) is 14.2 Å². The highest BCUT2D eigenvalue weighted by atomic mass is 79.9. The number of hydrogen-bond acceptors (Lipinski definition) is 4. The van der Waals surface area contributed by atoms with Crippen molar-refractivity contribution in [1.29, 1.82) is 0 Å². The van der Waals surface area contributed by atoms with Crippen molar-refractivity contribution in [2.45, 2.75) is 25.8 Å². The molecule has 0 saturated heterocycles. The molecule has 2 heterocycles. The zero-order chi connectivity index (χ0) is 15.4. The number of aromatic nitrogens is 3. The lowest BCUT2D eigenvalue weighted by molar-refractivity contribution is 0.397. The molecule has 0 bridgehead atoms. The van der Waals surface area contributed by atoms with Crippen LogP contribution in [0.5, 0.6) is 5.88 Å². The molecule has 1 unspecified atom stereocenters. The molecule has 0 aromatic carbocycles. The SMILES string of the molecule is CNC(Cc1ccc(OC)nc1)Cc1c(Br)c(C)nn1C. The van der Waals surface area contributed by atoms with E-state index in [1.165, 1.54) is 11.3 Å². The lowest BCUT2D eigenvalue weighted by atomic mass is 10.0. The van der Waals surface area contributed by atoms with Crippen LogP contribution < -0.4 is 10.1 Å². The first-order valence-electron chi connectivity index (χ1n) is 6.89. The van der Waals surface area contributed by atoms with Gasteiger partial charge in [-0.1, -0.05) is 6.07 Å². The van der Waals surface area contributed by atoms with E-state index in [1.807, 2.05) is 38.0 Å². The summed E-state index contributed by atoms with van der Waals surface area (Å²) in [4.78, 5) is 4.25. The summed E-state index contributed by atoms with van der Waals surface area (Å²) in [5.74, 6) is 0.643. The monoisotopic (exact) mass is 352 g/mol. The van der Waals surface area contributed by atoms with Gasteiger partial charge < -0.3 is 10.1 Å². The first-order valence-corrected chi connectivity index (χ1v) is 7.68. The van der Waals surface area contributed by atoms with E-state index in [9.17, 15) is 0 Å². The van der Waals surface area contributed by atoms with Crippen LogP contribution in [-0.2, 0) is 19.9 Å². The van der Waals surface area contributed by atoms with Gasteiger partial charge in [0.1, 0.15) is 0 Å². The molecule has 0 aliphatic rings. The number of nitrogens with one attached hydrogen (secondary N) is 1. The Morgan fingerprint density at radius 2 is 2.14 bits per heavy atom. The van der Waals surface area contributed by atoms with Gasteiger partial charge in [0.05, 0.1) is 23.0 Å². The number of likely N-dealkylation sites (N-methyl/N-ethyl adjacent to an activating group) is 1. The predicted octanol–water partition coefficient (Wildman–Crippen LogP) is 2.27. The fourth-order valence-electron chi connectivity index (χ4n) is 2.35. The van der Waals surface area contributed by atoms with Gasteiger partial charge in [0.2, 0.25) is 5.88 Å². The van der Waals surface area contributed by atoms with Crippen molar-refractivity contribution in [3.8, 4) is 5.88 Å². The summed E-state index contributed by atoms with van der Waals surface area (Å²) in [6.07, 6.45) is 3.68. The third-order valence-corrected chi connectivity index (χ3v) is 4.63. The molecule has 0 amide bonds. The second kappa shape index (κ2) is 7.04. The maximum Gasteiger partial charge on any atom is 0.212 e. The third-order valence-electron chi connectivity index (χ3n) is 3.60. The highest BCUT2D eigenvalue weighted by Crippen LogP contribution is 2.22. The van der Waals surface area contributed by atoms with Crippen LogP contribution in [0, 0.1) is 6.92 Å². The Kier molecular flexibility index (Phi) is 5.36. The number of ether oxygens (including phenoxy) is 1. The van der Waals surface area contributed by atoms with Crippen molar-refractivity contribution in [3.63, 3.8) is 0 Å². The Morgan fingerprint density at radius 1 is 1.38 bits per heavy atom. The zero-order valence-electron chi connectivity index (χ0n) is 12.9. The molecule has 2 aromatic heterocycles. The van der Waals surface area contributed by atoms with Crippen LogP contribution in [0.15, 0.2) is 22.8 Å². The summed E-state index contributed by atoms with van der Waals surface area (Å²) in [5.41, 5.74) is 3.41. The molecule has 21 heavy (non-hydrogen) atoms. The second-order valence-corrected chi connectivity index (χ2v) is 5.87. The van der Waals surface area contributed by atoms with E-state index < -0.39 is 0 Å². The van der Waals surface area contributed by atoms with Crippen molar-refractivity contribution in [1.82, 2.24) is 20.1 Å². The second-order valence-electron chi connectivity index (χ2n) is 5.07. The van der Waals surface area contributed by atoms with E-state index in [1.54, 1.807) is 7.11 Å². The van der Waals surface area contributed by atoms with Crippen LogP contribution in [0.3, 0.4) is 0 Å². The minimum absolute atomic E-state index is 0.325. The lowest BCUT2D eigenvalue weighted by Crippen LogP contribution is -2.30. The average molecular weight is 353 g/mol. The molecule has 5 nitrogen and oxygen atoms in total. The normalized spacial score (nSPS) is 12.4. The van der Waals surface area contributed by atoms with Gasteiger partial charge in [-0.05, 0) is 41.9 Å². The minimum atomic E-state index is 0.325. The molecular weight excluding hydrogens is 332 g/mol. The van der Waals surface area contributed by atoms with Crippen LogP contribution in [-0.4, -0.2) is 35.0 Å². The summed E-state index contributed by atoms with van der Waals surface area (Å²) in [6.45, 7) is 2.01. The summed E-state index contributed by atoms with van der Waals surface area (Å²) in [5, 5.41) is 7.81. The van der Waals surface area contributed by atoms with E-state index in [0.717, 1.165) is 23.0 Å². The van der Waals surface area contributed by atoms with Gasteiger partial charge in [0.25, 0.3) is 0 Å². The van der Waals surface area contributed by atoms with Crippen LogP contribution >= 0.6 is 15.9 Å².